The summed E-state index contributed by atoms with van der Waals surface area (Å²) in [5, 5.41) is 10.6. The Bertz CT molecular complexity index is 431. The Morgan fingerprint density at radius 3 is 2.63 bits per heavy atom. The molecule has 0 fully saturated rings. The number of hydrogen-bond acceptors (Lipinski definition) is 3. The highest BCUT2D eigenvalue weighted by Gasteiger charge is 2.22. The predicted octanol–water partition coefficient (Wildman–Crippen LogP) is 1.33. The molecular formula is C14H26N4O. The van der Waals surface area contributed by atoms with E-state index in [2.05, 4.69) is 36.5 Å². The number of nitrogens with zero attached hydrogens (tertiary/aromatic N) is 2. The molecule has 0 aromatic carbocycles. The van der Waals surface area contributed by atoms with Gasteiger partial charge in [0.1, 0.15) is 0 Å². The van der Waals surface area contributed by atoms with E-state index in [1.807, 2.05) is 31.8 Å². The summed E-state index contributed by atoms with van der Waals surface area (Å²) >= 11 is 0. The van der Waals surface area contributed by atoms with Crippen molar-refractivity contribution >= 4 is 5.91 Å². The van der Waals surface area contributed by atoms with Crippen LogP contribution in [0.25, 0.3) is 0 Å². The minimum atomic E-state index is -0.201. The highest BCUT2D eigenvalue weighted by atomic mass is 16.2. The Balaban J connectivity index is 2.70. The number of rotatable bonds is 5. The van der Waals surface area contributed by atoms with Gasteiger partial charge in [0.25, 0.3) is 0 Å². The quantitative estimate of drug-likeness (QED) is 0.845. The fraction of sp³-hybridized carbons (Fsp3) is 0.714. The fourth-order valence-electron chi connectivity index (χ4n) is 1.98. The zero-order valence-corrected chi connectivity index (χ0v) is 12.9. The van der Waals surface area contributed by atoms with Gasteiger partial charge in [0.15, 0.2) is 0 Å². The predicted molar refractivity (Wildman–Crippen MR) is 76.9 cm³/mol. The second kappa shape index (κ2) is 6.19. The lowest BCUT2D eigenvalue weighted by molar-refractivity contribution is -0.122. The summed E-state index contributed by atoms with van der Waals surface area (Å²) in [5.74, 6) is 0.0312. The number of amides is 1. The van der Waals surface area contributed by atoms with E-state index in [1.54, 1.807) is 0 Å². The minimum Gasteiger partial charge on any atom is -0.355 e. The van der Waals surface area contributed by atoms with Crippen molar-refractivity contribution < 1.29 is 4.79 Å². The molecule has 1 heterocycles. The van der Waals surface area contributed by atoms with Gasteiger partial charge in [0.2, 0.25) is 5.91 Å². The van der Waals surface area contributed by atoms with Crippen molar-refractivity contribution in [3.05, 3.63) is 17.5 Å². The van der Waals surface area contributed by atoms with E-state index in [0.717, 1.165) is 11.3 Å². The van der Waals surface area contributed by atoms with Gasteiger partial charge in [-0.1, -0.05) is 20.8 Å². The molecule has 0 saturated heterocycles. The first-order chi connectivity index (χ1) is 8.75. The maximum absolute atomic E-state index is 11.7. The fourth-order valence-corrected chi connectivity index (χ4v) is 1.98. The van der Waals surface area contributed by atoms with E-state index in [9.17, 15) is 4.79 Å². The molecule has 1 amide bonds. The first-order valence-electron chi connectivity index (χ1n) is 6.79. The Morgan fingerprint density at radius 1 is 1.47 bits per heavy atom. The second-order valence-electron chi connectivity index (χ2n) is 5.92. The van der Waals surface area contributed by atoms with Crippen LogP contribution in [0.1, 0.15) is 45.9 Å². The van der Waals surface area contributed by atoms with Crippen molar-refractivity contribution in [3.8, 4) is 0 Å². The van der Waals surface area contributed by atoms with Gasteiger partial charge in [-0.3, -0.25) is 9.48 Å². The Hall–Kier alpha value is -1.36. The van der Waals surface area contributed by atoms with Crippen LogP contribution in [0.4, 0.5) is 0 Å². The van der Waals surface area contributed by atoms with Crippen molar-refractivity contribution in [3.63, 3.8) is 0 Å². The third-order valence-corrected chi connectivity index (χ3v) is 2.96. The van der Waals surface area contributed by atoms with Crippen molar-refractivity contribution in [2.75, 3.05) is 6.54 Å². The van der Waals surface area contributed by atoms with Crippen LogP contribution in [0.2, 0.25) is 0 Å². The monoisotopic (exact) mass is 266 g/mol. The molecule has 0 radical (unpaired) electrons. The third kappa shape index (κ3) is 4.35. The lowest BCUT2D eigenvalue weighted by Gasteiger charge is -2.19. The summed E-state index contributed by atoms with van der Waals surface area (Å²) in [6.07, 6.45) is 2.01. The minimum absolute atomic E-state index is 0.00713. The molecule has 5 heteroatoms. The van der Waals surface area contributed by atoms with Gasteiger partial charge in [-0.2, -0.15) is 5.10 Å². The number of aromatic nitrogens is 2. The first kappa shape index (κ1) is 15.7. The molecule has 5 nitrogen and oxygen atoms in total. The molecule has 1 rings (SSSR count). The molecule has 1 unspecified atom stereocenters. The van der Waals surface area contributed by atoms with E-state index < -0.39 is 0 Å². The standard InChI is InChI=1S/C14H26N4O/c1-7-15-13(19)10(2)16-8-11-9-18(6)17-12(11)14(3,4)5/h9-10,16H,7-8H2,1-6H3,(H,15,19). The van der Waals surface area contributed by atoms with E-state index in [-0.39, 0.29) is 17.4 Å². The summed E-state index contributed by atoms with van der Waals surface area (Å²) in [5.41, 5.74) is 2.23. The van der Waals surface area contributed by atoms with E-state index >= 15 is 0 Å². The van der Waals surface area contributed by atoms with Crippen LogP contribution >= 0.6 is 0 Å². The van der Waals surface area contributed by atoms with E-state index in [4.69, 9.17) is 0 Å². The lowest BCUT2D eigenvalue weighted by Crippen LogP contribution is -2.41. The lowest BCUT2D eigenvalue weighted by atomic mass is 9.89. The number of carbonyl (C=O) groups excluding carboxylic acids is 1. The van der Waals surface area contributed by atoms with Crippen LogP contribution in [0.5, 0.6) is 0 Å². The topological polar surface area (TPSA) is 59.0 Å². The summed E-state index contributed by atoms with van der Waals surface area (Å²) in [7, 11) is 1.92. The van der Waals surface area contributed by atoms with Gasteiger partial charge in [-0.25, -0.2) is 0 Å². The van der Waals surface area contributed by atoms with E-state index in [0.29, 0.717) is 13.1 Å². The molecule has 0 bridgehead atoms. The van der Waals surface area contributed by atoms with Gasteiger partial charge in [-0.15, -0.1) is 0 Å². The molecule has 1 aromatic heterocycles. The molecule has 0 aliphatic carbocycles. The molecule has 1 atom stereocenters. The van der Waals surface area contributed by atoms with Crippen LogP contribution in [-0.2, 0) is 23.8 Å². The van der Waals surface area contributed by atoms with Gasteiger partial charge in [0, 0.05) is 37.3 Å². The second-order valence-corrected chi connectivity index (χ2v) is 5.92. The highest BCUT2D eigenvalue weighted by molar-refractivity contribution is 5.81. The SMILES string of the molecule is CCNC(=O)C(C)NCc1cn(C)nc1C(C)(C)C. The van der Waals surface area contributed by atoms with Crippen LogP contribution in [0.15, 0.2) is 6.20 Å². The number of likely N-dealkylation sites (N-methyl/N-ethyl adjacent to an activating group) is 1. The van der Waals surface area contributed by atoms with Gasteiger partial charge in [0.05, 0.1) is 11.7 Å². The maximum atomic E-state index is 11.7. The molecule has 0 aliphatic heterocycles. The van der Waals surface area contributed by atoms with Crippen molar-refractivity contribution in [2.45, 2.75) is 52.6 Å². The van der Waals surface area contributed by atoms with Crippen LogP contribution in [0, 0.1) is 0 Å². The van der Waals surface area contributed by atoms with Crippen molar-refractivity contribution in [1.82, 2.24) is 20.4 Å². The Kier molecular flexibility index (Phi) is 5.11. The third-order valence-electron chi connectivity index (χ3n) is 2.96. The van der Waals surface area contributed by atoms with Crippen molar-refractivity contribution in [1.29, 1.82) is 0 Å². The normalized spacial score (nSPS) is 13.4. The largest absolute Gasteiger partial charge is 0.355 e. The molecule has 0 aliphatic rings. The summed E-state index contributed by atoms with van der Waals surface area (Å²) in [6, 6.07) is -0.201. The van der Waals surface area contributed by atoms with Crippen LogP contribution in [-0.4, -0.2) is 28.3 Å². The number of hydrogen-bond donors (Lipinski definition) is 2. The maximum Gasteiger partial charge on any atom is 0.236 e. The number of carbonyl (C=O) groups is 1. The Labute approximate surface area is 115 Å². The van der Waals surface area contributed by atoms with Gasteiger partial charge in [-0.05, 0) is 13.8 Å². The summed E-state index contributed by atoms with van der Waals surface area (Å²) in [4.78, 5) is 11.7. The molecule has 19 heavy (non-hydrogen) atoms. The molecule has 1 aromatic rings. The zero-order chi connectivity index (χ0) is 14.6. The van der Waals surface area contributed by atoms with Crippen LogP contribution < -0.4 is 10.6 Å². The van der Waals surface area contributed by atoms with Crippen molar-refractivity contribution in [2.24, 2.45) is 7.05 Å². The zero-order valence-electron chi connectivity index (χ0n) is 12.9. The molecule has 0 saturated carbocycles. The summed E-state index contributed by atoms with van der Waals surface area (Å²) in [6.45, 7) is 11.5. The number of aryl methyl sites for hydroxylation is 1. The van der Waals surface area contributed by atoms with Gasteiger partial charge < -0.3 is 10.6 Å². The first-order valence-corrected chi connectivity index (χ1v) is 6.79. The van der Waals surface area contributed by atoms with Crippen LogP contribution in [0.3, 0.4) is 0 Å². The smallest absolute Gasteiger partial charge is 0.236 e. The number of nitrogens with one attached hydrogen (secondary N) is 2. The molecule has 108 valence electrons. The molecule has 2 N–H and O–H groups in total. The molecule has 0 spiro atoms. The average Bonchev–Trinajstić information content (AvgIpc) is 2.67. The Morgan fingerprint density at radius 2 is 2.11 bits per heavy atom. The van der Waals surface area contributed by atoms with Gasteiger partial charge >= 0.3 is 0 Å². The average molecular weight is 266 g/mol. The van der Waals surface area contributed by atoms with E-state index in [1.165, 1.54) is 0 Å². The highest BCUT2D eigenvalue weighted by Crippen LogP contribution is 2.23. The molecular weight excluding hydrogens is 240 g/mol. The summed E-state index contributed by atoms with van der Waals surface area (Å²) < 4.78 is 1.83.